The van der Waals surface area contributed by atoms with E-state index in [0.717, 1.165) is 26.1 Å². The smallest absolute Gasteiger partial charge is 0.0266 e. The summed E-state index contributed by atoms with van der Waals surface area (Å²) in [5, 5.41) is 3.52. The van der Waals surface area contributed by atoms with Crippen LogP contribution in [0.5, 0.6) is 0 Å². The van der Waals surface area contributed by atoms with Gasteiger partial charge in [-0.05, 0) is 32.8 Å². The number of hydrogen-bond donors (Lipinski definition) is 1. The molecule has 1 aromatic rings. The minimum atomic E-state index is 0.265. The summed E-state index contributed by atoms with van der Waals surface area (Å²) in [6.45, 7) is 10.3. The maximum Gasteiger partial charge on any atom is 0.0266 e. The van der Waals surface area contributed by atoms with Gasteiger partial charge in [-0.15, -0.1) is 0 Å². The molecule has 2 heteroatoms. The zero-order valence-corrected chi connectivity index (χ0v) is 11.2. The molecular formula is C15H24N2. The summed E-state index contributed by atoms with van der Waals surface area (Å²) < 4.78 is 0. The summed E-state index contributed by atoms with van der Waals surface area (Å²) in [5.41, 5.74) is 1.71. The van der Waals surface area contributed by atoms with Crippen molar-refractivity contribution >= 4 is 0 Å². The quantitative estimate of drug-likeness (QED) is 0.841. The number of nitrogens with zero attached hydrogens (tertiary/aromatic N) is 1. The van der Waals surface area contributed by atoms with Gasteiger partial charge in [-0.2, -0.15) is 0 Å². The summed E-state index contributed by atoms with van der Waals surface area (Å²) in [6.07, 6.45) is 1.14. The lowest BCUT2D eigenvalue weighted by Gasteiger charge is -2.45. The Bertz CT molecular complexity index is 340. The van der Waals surface area contributed by atoms with Gasteiger partial charge in [-0.25, -0.2) is 0 Å². The highest BCUT2D eigenvalue weighted by Crippen LogP contribution is 2.20. The van der Waals surface area contributed by atoms with Crippen LogP contribution in [0.25, 0.3) is 0 Å². The SMILES string of the molecule is CC(C)(C)N1CCNCC1Cc1ccccc1. The maximum absolute atomic E-state index is 3.52. The number of benzene rings is 1. The predicted octanol–water partition coefficient (Wildman–Crippen LogP) is 2.30. The molecular weight excluding hydrogens is 208 g/mol. The zero-order valence-electron chi connectivity index (χ0n) is 11.2. The van der Waals surface area contributed by atoms with E-state index in [1.165, 1.54) is 5.56 Å². The molecule has 17 heavy (non-hydrogen) atoms. The highest BCUT2D eigenvalue weighted by molar-refractivity contribution is 5.16. The van der Waals surface area contributed by atoms with Gasteiger partial charge in [-0.3, -0.25) is 4.90 Å². The largest absolute Gasteiger partial charge is 0.314 e. The van der Waals surface area contributed by atoms with Gasteiger partial charge in [0.2, 0.25) is 0 Å². The molecule has 0 spiro atoms. The van der Waals surface area contributed by atoms with E-state index in [9.17, 15) is 0 Å². The molecule has 1 atom stereocenters. The second-order valence-electron chi connectivity index (χ2n) is 5.91. The number of rotatable bonds is 2. The monoisotopic (exact) mass is 232 g/mol. The molecule has 2 nitrogen and oxygen atoms in total. The molecule has 1 heterocycles. The summed E-state index contributed by atoms with van der Waals surface area (Å²) in [5.74, 6) is 0. The van der Waals surface area contributed by atoms with E-state index in [1.807, 2.05) is 0 Å². The van der Waals surface area contributed by atoms with Crippen LogP contribution in [0.1, 0.15) is 26.3 Å². The minimum Gasteiger partial charge on any atom is -0.314 e. The third-order valence-electron chi connectivity index (χ3n) is 3.53. The summed E-state index contributed by atoms with van der Waals surface area (Å²) in [4.78, 5) is 2.64. The van der Waals surface area contributed by atoms with Crippen LogP contribution in [0.15, 0.2) is 30.3 Å². The molecule has 1 fully saturated rings. The molecule has 0 aromatic heterocycles. The minimum absolute atomic E-state index is 0.265. The molecule has 1 aliphatic rings. The van der Waals surface area contributed by atoms with Gasteiger partial charge in [0.05, 0.1) is 0 Å². The van der Waals surface area contributed by atoms with Gasteiger partial charge < -0.3 is 5.32 Å². The lowest BCUT2D eigenvalue weighted by molar-refractivity contribution is 0.0613. The van der Waals surface area contributed by atoms with Crippen molar-refractivity contribution in [2.75, 3.05) is 19.6 Å². The van der Waals surface area contributed by atoms with E-state index in [4.69, 9.17) is 0 Å². The Labute approximate surface area is 105 Å². The van der Waals surface area contributed by atoms with Crippen molar-refractivity contribution in [3.63, 3.8) is 0 Å². The fraction of sp³-hybridized carbons (Fsp3) is 0.600. The molecule has 94 valence electrons. The molecule has 1 unspecified atom stereocenters. The van der Waals surface area contributed by atoms with Crippen molar-refractivity contribution in [1.82, 2.24) is 10.2 Å². The van der Waals surface area contributed by atoms with Crippen molar-refractivity contribution in [2.45, 2.75) is 38.8 Å². The topological polar surface area (TPSA) is 15.3 Å². The van der Waals surface area contributed by atoms with Crippen molar-refractivity contribution in [3.05, 3.63) is 35.9 Å². The van der Waals surface area contributed by atoms with E-state index in [2.05, 4.69) is 61.3 Å². The third kappa shape index (κ3) is 3.30. The summed E-state index contributed by atoms with van der Waals surface area (Å²) >= 11 is 0. The predicted molar refractivity (Wildman–Crippen MR) is 73.3 cm³/mol. The van der Waals surface area contributed by atoms with Gasteiger partial charge in [0, 0.05) is 31.2 Å². The van der Waals surface area contributed by atoms with E-state index >= 15 is 0 Å². The molecule has 0 amide bonds. The van der Waals surface area contributed by atoms with Crippen LogP contribution >= 0.6 is 0 Å². The second-order valence-corrected chi connectivity index (χ2v) is 5.91. The van der Waals surface area contributed by atoms with Crippen LogP contribution in [-0.4, -0.2) is 36.1 Å². The van der Waals surface area contributed by atoms with Crippen LogP contribution in [0.4, 0.5) is 0 Å². The zero-order chi connectivity index (χ0) is 12.3. The average Bonchev–Trinajstić information content (AvgIpc) is 2.30. The summed E-state index contributed by atoms with van der Waals surface area (Å²) in [7, 11) is 0. The molecule has 0 bridgehead atoms. The van der Waals surface area contributed by atoms with Gasteiger partial charge in [0.1, 0.15) is 0 Å². The van der Waals surface area contributed by atoms with Crippen LogP contribution in [0.2, 0.25) is 0 Å². The third-order valence-corrected chi connectivity index (χ3v) is 3.53. The van der Waals surface area contributed by atoms with Crippen molar-refractivity contribution in [3.8, 4) is 0 Å². The molecule has 0 radical (unpaired) electrons. The first-order valence-electron chi connectivity index (χ1n) is 6.59. The molecule has 1 aromatic carbocycles. The lowest BCUT2D eigenvalue weighted by Crippen LogP contribution is -2.58. The van der Waals surface area contributed by atoms with E-state index in [0.29, 0.717) is 6.04 Å². The molecule has 1 N–H and O–H groups in total. The highest BCUT2D eigenvalue weighted by atomic mass is 15.3. The fourth-order valence-electron chi connectivity index (χ4n) is 2.71. The molecule has 2 rings (SSSR count). The van der Waals surface area contributed by atoms with E-state index in [-0.39, 0.29) is 5.54 Å². The van der Waals surface area contributed by atoms with Crippen LogP contribution in [-0.2, 0) is 6.42 Å². The Morgan fingerprint density at radius 3 is 2.59 bits per heavy atom. The Morgan fingerprint density at radius 1 is 1.24 bits per heavy atom. The fourth-order valence-corrected chi connectivity index (χ4v) is 2.71. The van der Waals surface area contributed by atoms with Crippen molar-refractivity contribution in [1.29, 1.82) is 0 Å². The first-order valence-corrected chi connectivity index (χ1v) is 6.59. The van der Waals surface area contributed by atoms with E-state index < -0.39 is 0 Å². The van der Waals surface area contributed by atoms with Gasteiger partial charge in [0.25, 0.3) is 0 Å². The Balaban J connectivity index is 2.07. The number of piperazine rings is 1. The number of nitrogens with one attached hydrogen (secondary N) is 1. The first kappa shape index (κ1) is 12.6. The highest BCUT2D eigenvalue weighted by Gasteiger charge is 2.30. The van der Waals surface area contributed by atoms with Crippen LogP contribution in [0, 0.1) is 0 Å². The summed E-state index contributed by atoms with van der Waals surface area (Å²) in [6, 6.07) is 11.4. The molecule has 0 aliphatic carbocycles. The van der Waals surface area contributed by atoms with Crippen LogP contribution < -0.4 is 5.32 Å². The lowest BCUT2D eigenvalue weighted by atomic mass is 9.96. The van der Waals surface area contributed by atoms with Gasteiger partial charge in [-0.1, -0.05) is 30.3 Å². The standard InChI is InChI=1S/C15H24N2/c1-15(2,3)17-10-9-16-12-14(17)11-13-7-5-4-6-8-13/h4-8,14,16H,9-12H2,1-3H3. The van der Waals surface area contributed by atoms with Gasteiger partial charge in [0.15, 0.2) is 0 Å². The maximum atomic E-state index is 3.52. The Hall–Kier alpha value is -0.860. The van der Waals surface area contributed by atoms with Crippen LogP contribution in [0.3, 0.4) is 0 Å². The Morgan fingerprint density at radius 2 is 1.94 bits per heavy atom. The Kier molecular flexibility index (Phi) is 3.85. The van der Waals surface area contributed by atoms with Crippen molar-refractivity contribution < 1.29 is 0 Å². The van der Waals surface area contributed by atoms with Crippen molar-refractivity contribution in [2.24, 2.45) is 0 Å². The first-order chi connectivity index (χ1) is 8.07. The number of hydrogen-bond acceptors (Lipinski definition) is 2. The molecule has 0 saturated carbocycles. The second kappa shape index (κ2) is 5.19. The molecule has 1 aliphatic heterocycles. The van der Waals surface area contributed by atoms with Gasteiger partial charge >= 0.3 is 0 Å². The van der Waals surface area contributed by atoms with E-state index in [1.54, 1.807) is 0 Å². The average molecular weight is 232 g/mol. The molecule has 1 saturated heterocycles. The normalized spacial score (nSPS) is 22.6.